The van der Waals surface area contributed by atoms with Crippen molar-refractivity contribution in [1.29, 1.82) is 0 Å². The number of aliphatic carboxylic acids is 1. The van der Waals surface area contributed by atoms with E-state index in [4.69, 9.17) is 13.7 Å². The fourth-order valence-electron chi connectivity index (χ4n) is 6.39. The van der Waals surface area contributed by atoms with Crippen LogP contribution in [0.5, 0.6) is 0 Å². The number of carbonyl (C=O) groups excluding carboxylic acids is 1. The molecule has 3 aliphatic carbocycles. The van der Waals surface area contributed by atoms with Gasteiger partial charge in [0.05, 0.1) is 36.6 Å². The Bertz CT molecular complexity index is 1070. The van der Waals surface area contributed by atoms with Crippen LogP contribution in [0.1, 0.15) is 72.1 Å². The third-order valence-electron chi connectivity index (χ3n) is 9.93. The molecule has 1 saturated heterocycles. The zero-order valence-corrected chi connectivity index (χ0v) is 26.6. The largest absolute Gasteiger partial charge is 0.482 e. The van der Waals surface area contributed by atoms with Gasteiger partial charge in [0.25, 0.3) is 0 Å². The maximum Gasteiger partial charge on any atom is 0.482 e. The third kappa shape index (κ3) is 6.40. The van der Waals surface area contributed by atoms with Gasteiger partial charge in [-0.3, -0.25) is 9.59 Å². The molecule has 1 aromatic heterocycles. The van der Waals surface area contributed by atoms with Gasteiger partial charge in [-0.1, -0.05) is 52.8 Å². The van der Waals surface area contributed by atoms with Crippen LogP contribution >= 0.6 is 11.3 Å². The number of carboxylic acids is 1. The summed E-state index contributed by atoms with van der Waals surface area (Å²) in [6, 6.07) is 3.91. The lowest BCUT2D eigenvalue weighted by Crippen LogP contribution is -2.65. The molecule has 1 amide bonds. The Labute approximate surface area is 239 Å². The molecule has 3 saturated carbocycles. The van der Waals surface area contributed by atoms with Crippen LogP contribution in [0.4, 0.5) is 0 Å². The van der Waals surface area contributed by atoms with Crippen molar-refractivity contribution >= 4 is 38.6 Å². The molecular weight excluding hydrogens is 529 g/mol. The van der Waals surface area contributed by atoms with E-state index in [1.165, 1.54) is 0 Å². The van der Waals surface area contributed by atoms with Crippen molar-refractivity contribution < 1.29 is 28.4 Å². The first-order chi connectivity index (χ1) is 18.0. The lowest BCUT2D eigenvalue weighted by molar-refractivity contribution is -0.199. The maximum absolute atomic E-state index is 13.1. The SMILES string of the molecule is CC1(C)[C@@H]2C[C@H]3OB(C(C/C=C\C(CC(=O)O)O[Si](C)(C)C(C)(C)C)NC(=O)Cc4cccs4)O[C@@]3(C)[C@H]1C2. The number of carboxylic acid groups (broad SMARTS) is 1. The van der Waals surface area contributed by atoms with Gasteiger partial charge in [-0.25, -0.2) is 0 Å². The third-order valence-corrected chi connectivity index (χ3v) is 15.3. The van der Waals surface area contributed by atoms with Crippen molar-refractivity contribution in [3.63, 3.8) is 0 Å². The van der Waals surface area contributed by atoms with Gasteiger partial charge in [0, 0.05) is 4.88 Å². The summed E-state index contributed by atoms with van der Waals surface area (Å²) in [5.41, 5.74) is -0.146. The molecule has 2 bridgehead atoms. The number of hydrogen-bond donors (Lipinski definition) is 2. The van der Waals surface area contributed by atoms with Crippen LogP contribution in [0.25, 0.3) is 0 Å². The van der Waals surface area contributed by atoms with E-state index in [-0.39, 0.29) is 34.5 Å². The Morgan fingerprint density at radius 1 is 1.31 bits per heavy atom. The first-order valence-corrected chi connectivity index (χ1v) is 18.0. The highest BCUT2D eigenvalue weighted by atomic mass is 32.1. The molecule has 7 nitrogen and oxygen atoms in total. The van der Waals surface area contributed by atoms with Crippen LogP contribution in [-0.4, -0.2) is 56.2 Å². The van der Waals surface area contributed by atoms with E-state index in [2.05, 4.69) is 60.0 Å². The molecule has 10 heteroatoms. The van der Waals surface area contributed by atoms with Crippen molar-refractivity contribution in [1.82, 2.24) is 5.32 Å². The molecule has 4 aliphatic rings. The van der Waals surface area contributed by atoms with Crippen molar-refractivity contribution in [2.24, 2.45) is 17.3 Å². The predicted octanol–water partition coefficient (Wildman–Crippen LogP) is 5.85. The van der Waals surface area contributed by atoms with Gasteiger partial charge in [-0.2, -0.15) is 0 Å². The molecule has 4 fully saturated rings. The van der Waals surface area contributed by atoms with Gasteiger partial charge in [-0.05, 0) is 73.0 Å². The number of hydrogen-bond acceptors (Lipinski definition) is 6. The predicted molar refractivity (Wildman–Crippen MR) is 158 cm³/mol. The Balaban J connectivity index is 1.50. The highest BCUT2D eigenvalue weighted by molar-refractivity contribution is 7.10. The summed E-state index contributed by atoms with van der Waals surface area (Å²) in [6.07, 6.45) is 6.04. The molecule has 0 spiro atoms. The molecular formula is C29H46BNO6SSi. The van der Waals surface area contributed by atoms with E-state index in [9.17, 15) is 14.7 Å². The molecule has 0 aromatic carbocycles. The highest BCUT2D eigenvalue weighted by Gasteiger charge is 2.68. The van der Waals surface area contributed by atoms with Gasteiger partial charge < -0.3 is 24.2 Å². The molecule has 216 valence electrons. The van der Waals surface area contributed by atoms with Crippen molar-refractivity contribution in [2.75, 3.05) is 0 Å². The zero-order valence-electron chi connectivity index (χ0n) is 24.8. The zero-order chi connectivity index (χ0) is 28.8. The average Bonchev–Trinajstić information content (AvgIpc) is 3.43. The second kappa shape index (κ2) is 11.1. The first kappa shape index (κ1) is 30.5. The van der Waals surface area contributed by atoms with Crippen molar-refractivity contribution in [3.8, 4) is 0 Å². The highest BCUT2D eigenvalue weighted by Crippen LogP contribution is 2.65. The fraction of sp³-hybridized carbons (Fsp3) is 0.724. The van der Waals surface area contributed by atoms with Crippen LogP contribution in [0.3, 0.4) is 0 Å². The van der Waals surface area contributed by atoms with Gasteiger partial charge >= 0.3 is 13.1 Å². The van der Waals surface area contributed by atoms with E-state index in [0.717, 1.165) is 17.7 Å². The second-order valence-corrected chi connectivity index (χ2v) is 19.7. The van der Waals surface area contributed by atoms with Crippen LogP contribution in [0.15, 0.2) is 29.7 Å². The topological polar surface area (TPSA) is 94.1 Å². The van der Waals surface area contributed by atoms with Crippen LogP contribution < -0.4 is 5.32 Å². The summed E-state index contributed by atoms with van der Waals surface area (Å²) in [7, 11) is -2.74. The number of rotatable bonds is 11. The number of nitrogens with one attached hydrogen (secondary N) is 1. The number of carbonyl (C=O) groups is 2. The molecule has 1 aromatic rings. The van der Waals surface area contributed by atoms with Crippen LogP contribution in [0.2, 0.25) is 18.1 Å². The maximum atomic E-state index is 13.1. The van der Waals surface area contributed by atoms with E-state index in [0.29, 0.717) is 24.7 Å². The minimum atomic E-state index is -2.18. The lowest BCUT2D eigenvalue weighted by Gasteiger charge is -2.64. The number of amides is 1. The summed E-state index contributed by atoms with van der Waals surface area (Å²) in [5, 5.41) is 14.6. The quantitative estimate of drug-likeness (QED) is 0.254. The fourth-order valence-corrected chi connectivity index (χ4v) is 8.37. The summed E-state index contributed by atoms with van der Waals surface area (Å²) in [6.45, 7) is 17.5. The molecule has 2 heterocycles. The second-order valence-electron chi connectivity index (χ2n) is 13.9. The Kier molecular flexibility index (Phi) is 8.67. The van der Waals surface area contributed by atoms with Crippen molar-refractivity contribution in [2.45, 2.75) is 116 Å². The van der Waals surface area contributed by atoms with E-state index >= 15 is 0 Å². The Morgan fingerprint density at radius 3 is 2.62 bits per heavy atom. The summed E-state index contributed by atoms with van der Waals surface area (Å²) >= 11 is 1.56. The summed E-state index contributed by atoms with van der Waals surface area (Å²) < 4.78 is 19.6. The molecule has 2 N–H and O–H groups in total. The normalized spacial score (nSPS) is 29.5. The first-order valence-electron chi connectivity index (χ1n) is 14.2. The van der Waals surface area contributed by atoms with E-state index in [1.54, 1.807) is 11.3 Å². The van der Waals surface area contributed by atoms with E-state index in [1.807, 2.05) is 29.7 Å². The smallest absolute Gasteiger partial charge is 0.481 e. The van der Waals surface area contributed by atoms with E-state index < -0.39 is 33.5 Å². The van der Waals surface area contributed by atoms with Gasteiger partial charge in [0.15, 0.2) is 8.32 Å². The van der Waals surface area contributed by atoms with Gasteiger partial charge in [-0.15, -0.1) is 11.3 Å². The molecule has 0 radical (unpaired) electrons. The lowest BCUT2D eigenvalue weighted by atomic mass is 9.43. The monoisotopic (exact) mass is 575 g/mol. The molecule has 6 atom stereocenters. The minimum Gasteiger partial charge on any atom is -0.481 e. The van der Waals surface area contributed by atoms with Gasteiger partial charge in [0.2, 0.25) is 5.91 Å². The Morgan fingerprint density at radius 2 is 2.03 bits per heavy atom. The van der Waals surface area contributed by atoms with Crippen LogP contribution in [0, 0.1) is 17.3 Å². The minimum absolute atomic E-state index is 0.0154. The molecule has 5 rings (SSSR count). The number of thiophene rings is 1. The average molecular weight is 576 g/mol. The summed E-state index contributed by atoms with van der Waals surface area (Å²) in [5.74, 6) is -0.305. The molecule has 1 aliphatic heterocycles. The standard InChI is InChI=1S/C29H46BNO6SSi/c1-27(2,3)39(7,8)36-20(17-26(33)34)11-9-13-24(31-25(32)18-21-12-10-14-38-21)30-35-23-16-19-15-22(28(19,4)5)29(23,6)37-30/h9-12,14,19-20,22-24H,13,15-18H2,1-8H3,(H,31,32)(H,33,34)/b11-9-/t19-,20?,22-,23+,24?,29-/m0/s1. The van der Waals surface area contributed by atoms with Crippen LogP contribution in [-0.2, 0) is 29.7 Å². The van der Waals surface area contributed by atoms with Gasteiger partial charge in [0.1, 0.15) is 0 Å². The Hall–Kier alpha value is -1.46. The molecule has 39 heavy (non-hydrogen) atoms. The summed E-state index contributed by atoms with van der Waals surface area (Å²) in [4.78, 5) is 25.7. The molecule has 2 unspecified atom stereocenters. The van der Waals surface area contributed by atoms with Crippen molar-refractivity contribution in [3.05, 3.63) is 34.5 Å².